The lowest BCUT2D eigenvalue weighted by molar-refractivity contribution is -0.384. The van der Waals surface area contributed by atoms with Crippen LogP contribution >= 0.6 is 0 Å². The summed E-state index contributed by atoms with van der Waals surface area (Å²) in [5.41, 5.74) is 1.00. The van der Waals surface area contributed by atoms with Gasteiger partial charge in [-0.2, -0.15) is 5.26 Å². The molecule has 0 bridgehead atoms. The summed E-state index contributed by atoms with van der Waals surface area (Å²) in [6, 6.07) is 6.23. The van der Waals surface area contributed by atoms with Crippen molar-refractivity contribution in [1.82, 2.24) is 4.57 Å². The van der Waals surface area contributed by atoms with Crippen molar-refractivity contribution in [2.24, 2.45) is 4.99 Å². The van der Waals surface area contributed by atoms with Gasteiger partial charge >= 0.3 is 0 Å². The molecule has 1 N–H and O–H groups in total. The predicted molar refractivity (Wildman–Crippen MR) is 111 cm³/mol. The first-order chi connectivity index (χ1) is 13.8. The fourth-order valence-corrected chi connectivity index (χ4v) is 3.01. The Bertz CT molecular complexity index is 1050. The summed E-state index contributed by atoms with van der Waals surface area (Å²) >= 11 is 0. The number of nitro groups is 1. The van der Waals surface area contributed by atoms with Crippen LogP contribution in [0.1, 0.15) is 54.9 Å². The number of unbranched alkanes of at least 4 members (excludes halogenated alkanes) is 3. The van der Waals surface area contributed by atoms with Gasteiger partial charge in [-0.25, -0.2) is 0 Å². The Kier molecular flexibility index (Phi) is 7.26. The van der Waals surface area contributed by atoms with Gasteiger partial charge in [0.15, 0.2) is 0 Å². The molecule has 0 saturated carbocycles. The van der Waals surface area contributed by atoms with Gasteiger partial charge in [0.05, 0.1) is 16.2 Å². The van der Waals surface area contributed by atoms with Crippen molar-refractivity contribution < 1.29 is 10.0 Å². The van der Waals surface area contributed by atoms with E-state index in [1.807, 2.05) is 6.07 Å². The minimum absolute atomic E-state index is 0.0458. The van der Waals surface area contributed by atoms with Crippen LogP contribution in [-0.4, -0.2) is 20.8 Å². The number of aliphatic imine (C=N–C) groups is 1. The molecule has 2 rings (SSSR count). The fraction of sp³-hybridized carbons (Fsp3) is 0.381. The van der Waals surface area contributed by atoms with E-state index in [0.29, 0.717) is 24.2 Å². The molecule has 0 aliphatic rings. The maximum Gasteiger partial charge on any atom is 0.271 e. The van der Waals surface area contributed by atoms with Crippen LogP contribution in [0.4, 0.5) is 11.4 Å². The zero-order valence-electron chi connectivity index (χ0n) is 16.8. The van der Waals surface area contributed by atoms with Crippen LogP contribution in [0.2, 0.25) is 0 Å². The zero-order valence-corrected chi connectivity index (χ0v) is 16.8. The molecule has 1 aromatic carbocycles. The molecular formula is C21H24N4O4. The first kappa shape index (κ1) is 21.8. The smallest absolute Gasteiger partial charge is 0.271 e. The number of hydrogen-bond acceptors (Lipinski definition) is 6. The Morgan fingerprint density at radius 1 is 1.31 bits per heavy atom. The number of aromatic nitrogens is 1. The molecule has 0 radical (unpaired) electrons. The largest absolute Gasteiger partial charge is 0.494 e. The van der Waals surface area contributed by atoms with E-state index in [2.05, 4.69) is 11.9 Å². The topological polar surface area (TPSA) is 122 Å². The SMILES string of the molecule is CCCCCCn1c(O)c(C=Nc2cc([N+](=O)[O-])ccc2C)c(C)c(C#N)c1=O. The first-order valence-corrected chi connectivity index (χ1v) is 9.47. The van der Waals surface area contributed by atoms with Crippen molar-refractivity contribution in [3.63, 3.8) is 0 Å². The van der Waals surface area contributed by atoms with Gasteiger partial charge < -0.3 is 5.11 Å². The fourth-order valence-electron chi connectivity index (χ4n) is 3.01. The van der Waals surface area contributed by atoms with Crippen molar-refractivity contribution in [2.75, 3.05) is 0 Å². The molecular weight excluding hydrogens is 372 g/mol. The number of pyridine rings is 1. The van der Waals surface area contributed by atoms with E-state index < -0.39 is 10.5 Å². The molecule has 0 aliphatic carbocycles. The highest BCUT2D eigenvalue weighted by Crippen LogP contribution is 2.26. The summed E-state index contributed by atoms with van der Waals surface area (Å²) in [5, 5.41) is 31.1. The Hall–Kier alpha value is -3.47. The highest BCUT2D eigenvalue weighted by Gasteiger charge is 2.18. The van der Waals surface area contributed by atoms with E-state index in [1.54, 1.807) is 19.9 Å². The van der Waals surface area contributed by atoms with E-state index in [1.165, 1.54) is 22.9 Å². The van der Waals surface area contributed by atoms with Crippen LogP contribution in [-0.2, 0) is 6.54 Å². The molecule has 29 heavy (non-hydrogen) atoms. The molecule has 1 aromatic heterocycles. The summed E-state index contributed by atoms with van der Waals surface area (Å²) in [6.45, 7) is 5.71. The summed E-state index contributed by atoms with van der Waals surface area (Å²) < 4.78 is 1.20. The quantitative estimate of drug-likeness (QED) is 0.309. The number of nitrogens with zero attached hydrogens (tertiary/aromatic N) is 4. The van der Waals surface area contributed by atoms with Crippen molar-refractivity contribution in [1.29, 1.82) is 5.26 Å². The number of benzene rings is 1. The lowest BCUT2D eigenvalue weighted by Crippen LogP contribution is -2.25. The third-order valence-electron chi connectivity index (χ3n) is 4.82. The monoisotopic (exact) mass is 396 g/mol. The maximum atomic E-state index is 12.6. The Morgan fingerprint density at radius 3 is 2.66 bits per heavy atom. The van der Waals surface area contributed by atoms with Crippen LogP contribution in [0.5, 0.6) is 5.88 Å². The van der Waals surface area contributed by atoms with Gasteiger partial charge in [0, 0.05) is 24.9 Å². The van der Waals surface area contributed by atoms with E-state index in [4.69, 9.17) is 0 Å². The lowest BCUT2D eigenvalue weighted by atomic mass is 10.1. The molecule has 0 atom stereocenters. The molecule has 1 heterocycles. The van der Waals surface area contributed by atoms with Crippen molar-refractivity contribution >= 4 is 17.6 Å². The van der Waals surface area contributed by atoms with Gasteiger partial charge in [0.1, 0.15) is 11.6 Å². The van der Waals surface area contributed by atoms with Crippen LogP contribution < -0.4 is 5.56 Å². The average Bonchev–Trinajstić information content (AvgIpc) is 2.68. The molecule has 152 valence electrons. The highest BCUT2D eigenvalue weighted by molar-refractivity contribution is 5.87. The van der Waals surface area contributed by atoms with E-state index in [9.17, 15) is 25.3 Å². The summed E-state index contributed by atoms with van der Waals surface area (Å²) in [5.74, 6) is -0.255. The average molecular weight is 396 g/mol. The van der Waals surface area contributed by atoms with Crippen LogP contribution in [0.25, 0.3) is 0 Å². The normalized spacial score (nSPS) is 11.0. The first-order valence-electron chi connectivity index (χ1n) is 9.47. The van der Waals surface area contributed by atoms with Gasteiger partial charge in [0.25, 0.3) is 11.2 Å². The third kappa shape index (κ3) is 4.88. The zero-order chi connectivity index (χ0) is 21.6. The van der Waals surface area contributed by atoms with E-state index in [0.717, 1.165) is 24.8 Å². The molecule has 0 amide bonds. The predicted octanol–water partition coefficient (Wildman–Crippen LogP) is 4.28. The minimum atomic E-state index is -0.525. The Labute approximate surface area is 168 Å². The Morgan fingerprint density at radius 2 is 2.03 bits per heavy atom. The van der Waals surface area contributed by atoms with Crippen LogP contribution in [0.3, 0.4) is 0 Å². The van der Waals surface area contributed by atoms with Crippen molar-refractivity contribution in [3.05, 3.63) is 60.9 Å². The molecule has 8 nitrogen and oxygen atoms in total. The summed E-state index contributed by atoms with van der Waals surface area (Å²) in [7, 11) is 0. The van der Waals surface area contributed by atoms with Gasteiger partial charge in [0.2, 0.25) is 5.88 Å². The van der Waals surface area contributed by atoms with Crippen molar-refractivity contribution in [3.8, 4) is 11.9 Å². The van der Waals surface area contributed by atoms with Gasteiger partial charge in [-0.05, 0) is 31.4 Å². The van der Waals surface area contributed by atoms with Gasteiger partial charge in [-0.1, -0.05) is 32.3 Å². The number of aryl methyl sites for hydroxylation is 1. The molecule has 8 heteroatoms. The molecule has 0 unspecified atom stereocenters. The third-order valence-corrected chi connectivity index (χ3v) is 4.82. The summed E-state index contributed by atoms with van der Waals surface area (Å²) in [6.07, 6.45) is 5.02. The molecule has 2 aromatic rings. The van der Waals surface area contributed by atoms with Crippen LogP contribution in [0, 0.1) is 35.3 Å². The van der Waals surface area contributed by atoms with Gasteiger partial charge in [-0.3, -0.25) is 24.5 Å². The number of nitriles is 1. The summed E-state index contributed by atoms with van der Waals surface area (Å²) in [4.78, 5) is 27.3. The highest BCUT2D eigenvalue weighted by atomic mass is 16.6. The van der Waals surface area contributed by atoms with Crippen molar-refractivity contribution in [2.45, 2.75) is 53.0 Å². The number of non-ortho nitro benzene ring substituents is 1. The molecule has 0 saturated heterocycles. The molecule has 0 spiro atoms. The molecule has 0 aliphatic heterocycles. The number of rotatable bonds is 8. The lowest BCUT2D eigenvalue weighted by Gasteiger charge is -2.14. The van der Waals surface area contributed by atoms with Crippen LogP contribution in [0.15, 0.2) is 28.0 Å². The Balaban J connectivity index is 2.51. The number of aromatic hydroxyl groups is 1. The van der Waals surface area contributed by atoms with E-state index >= 15 is 0 Å². The maximum absolute atomic E-state index is 12.6. The standard InChI is InChI=1S/C21H24N4O4/c1-4-5-6-7-10-24-20(26)17(12-22)15(3)18(21(24)27)13-23-19-11-16(25(28)29)9-8-14(19)2/h8-9,11,13,27H,4-7,10H2,1-3H3. The van der Waals surface area contributed by atoms with E-state index in [-0.39, 0.29) is 22.7 Å². The molecule has 0 fully saturated rings. The second-order valence-corrected chi connectivity index (χ2v) is 6.85. The number of hydrogen-bond donors (Lipinski definition) is 1. The second kappa shape index (κ2) is 9.64. The van der Waals surface area contributed by atoms with Gasteiger partial charge in [-0.15, -0.1) is 0 Å². The second-order valence-electron chi connectivity index (χ2n) is 6.85. The minimum Gasteiger partial charge on any atom is -0.494 e. The number of nitro benzene ring substituents is 1.